The highest BCUT2D eigenvalue weighted by molar-refractivity contribution is 9.10. The Kier molecular flexibility index (Phi) is 6.21. The molecular formula is C15H13BrF2N2OS. The van der Waals surface area contributed by atoms with Crippen LogP contribution in [0.1, 0.15) is 0 Å². The van der Waals surface area contributed by atoms with Crippen LogP contribution in [0.15, 0.2) is 57.9 Å². The number of carbonyl (C=O) groups excluding carboxylic acids is 1. The number of halogens is 3. The Hall–Kier alpha value is -1.60. The third-order valence-corrected chi connectivity index (χ3v) is 3.91. The summed E-state index contributed by atoms with van der Waals surface area (Å²) >= 11 is 3.81. The molecule has 0 aromatic heterocycles. The standard InChI is InChI=1S/C15H13BrF2N2OS/c16-10-1-3-12(4-2-10)20-14(21)9-19-11-5-7-13(8-6-11)22-15(17)18/h1-8,15,19H,9H2,(H,20,21). The number of benzene rings is 2. The number of carbonyl (C=O) groups is 1. The highest BCUT2D eigenvalue weighted by Gasteiger charge is 2.05. The molecule has 2 aromatic rings. The molecule has 0 aliphatic heterocycles. The molecular weight excluding hydrogens is 374 g/mol. The van der Waals surface area contributed by atoms with Crippen LogP contribution in [0, 0.1) is 0 Å². The maximum Gasteiger partial charge on any atom is 0.288 e. The predicted molar refractivity (Wildman–Crippen MR) is 89.6 cm³/mol. The number of alkyl halides is 2. The van der Waals surface area contributed by atoms with Crippen LogP contribution in [-0.4, -0.2) is 18.2 Å². The Balaban J connectivity index is 1.81. The lowest BCUT2D eigenvalue weighted by atomic mass is 10.3. The zero-order valence-electron chi connectivity index (χ0n) is 11.4. The van der Waals surface area contributed by atoms with Gasteiger partial charge in [0.2, 0.25) is 5.91 Å². The van der Waals surface area contributed by atoms with Crippen molar-refractivity contribution in [3.63, 3.8) is 0 Å². The lowest BCUT2D eigenvalue weighted by molar-refractivity contribution is -0.114. The molecule has 22 heavy (non-hydrogen) atoms. The molecule has 0 aliphatic carbocycles. The summed E-state index contributed by atoms with van der Waals surface area (Å²) in [4.78, 5) is 12.3. The lowest BCUT2D eigenvalue weighted by Crippen LogP contribution is -2.21. The van der Waals surface area contributed by atoms with Gasteiger partial charge in [0.05, 0.1) is 6.54 Å². The number of rotatable bonds is 6. The van der Waals surface area contributed by atoms with Crippen LogP contribution in [0.4, 0.5) is 20.2 Å². The van der Waals surface area contributed by atoms with Gasteiger partial charge >= 0.3 is 0 Å². The van der Waals surface area contributed by atoms with Crippen LogP contribution in [0.5, 0.6) is 0 Å². The SMILES string of the molecule is O=C(CNc1ccc(SC(F)F)cc1)Nc1ccc(Br)cc1. The molecule has 116 valence electrons. The Morgan fingerprint density at radius 1 is 1.05 bits per heavy atom. The van der Waals surface area contributed by atoms with E-state index in [0.29, 0.717) is 28.0 Å². The van der Waals surface area contributed by atoms with E-state index in [4.69, 9.17) is 0 Å². The zero-order valence-corrected chi connectivity index (χ0v) is 13.8. The molecule has 0 spiro atoms. The van der Waals surface area contributed by atoms with Crippen molar-refractivity contribution in [2.75, 3.05) is 17.2 Å². The first-order chi connectivity index (χ1) is 10.5. The van der Waals surface area contributed by atoms with Crippen molar-refractivity contribution >= 4 is 45.0 Å². The molecule has 3 nitrogen and oxygen atoms in total. The second-order valence-electron chi connectivity index (χ2n) is 4.31. The average molecular weight is 387 g/mol. The summed E-state index contributed by atoms with van der Waals surface area (Å²) in [6.45, 7) is 0.0946. The first-order valence-corrected chi connectivity index (χ1v) is 8.04. The summed E-state index contributed by atoms with van der Waals surface area (Å²) in [6, 6.07) is 13.8. The first-order valence-electron chi connectivity index (χ1n) is 6.37. The molecule has 0 unspecified atom stereocenters. The summed E-state index contributed by atoms with van der Waals surface area (Å²) in [7, 11) is 0. The quantitative estimate of drug-likeness (QED) is 0.699. The number of anilines is 2. The minimum absolute atomic E-state index is 0.0946. The van der Waals surface area contributed by atoms with E-state index < -0.39 is 5.76 Å². The summed E-state index contributed by atoms with van der Waals surface area (Å²) in [5.41, 5.74) is 1.41. The van der Waals surface area contributed by atoms with E-state index in [2.05, 4.69) is 26.6 Å². The highest BCUT2D eigenvalue weighted by Crippen LogP contribution is 2.26. The van der Waals surface area contributed by atoms with Crippen LogP contribution in [0.2, 0.25) is 0 Å². The minimum atomic E-state index is -2.43. The maximum atomic E-state index is 12.2. The van der Waals surface area contributed by atoms with Gasteiger partial charge in [0.1, 0.15) is 0 Å². The lowest BCUT2D eigenvalue weighted by Gasteiger charge is -2.08. The van der Waals surface area contributed by atoms with Gasteiger partial charge in [-0.2, -0.15) is 8.78 Å². The molecule has 0 heterocycles. The molecule has 1 amide bonds. The molecule has 0 radical (unpaired) electrons. The molecule has 0 saturated heterocycles. The summed E-state index contributed by atoms with van der Waals surface area (Å²) in [6.07, 6.45) is 0. The van der Waals surface area contributed by atoms with Gasteiger partial charge in [-0.1, -0.05) is 27.7 Å². The van der Waals surface area contributed by atoms with Crippen LogP contribution in [0.25, 0.3) is 0 Å². The van der Waals surface area contributed by atoms with Gasteiger partial charge in [0, 0.05) is 20.7 Å². The van der Waals surface area contributed by atoms with Crippen molar-refractivity contribution in [3.05, 3.63) is 53.0 Å². The molecule has 2 rings (SSSR count). The van der Waals surface area contributed by atoms with E-state index in [0.717, 1.165) is 4.47 Å². The number of nitrogens with one attached hydrogen (secondary N) is 2. The molecule has 0 fully saturated rings. The van der Waals surface area contributed by atoms with Crippen LogP contribution >= 0.6 is 27.7 Å². The van der Waals surface area contributed by atoms with Crippen molar-refractivity contribution in [2.45, 2.75) is 10.7 Å². The number of hydrogen-bond donors (Lipinski definition) is 2. The van der Waals surface area contributed by atoms with E-state index in [1.165, 1.54) is 0 Å². The molecule has 0 aliphatic rings. The molecule has 0 bridgehead atoms. The van der Waals surface area contributed by atoms with Gasteiger partial charge in [-0.3, -0.25) is 4.79 Å². The van der Waals surface area contributed by atoms with Crippen molar-refractivity contribution in [3.8, 4) is 0 Å². The molecule has 0 saturated carbocycles. The Labute approximate surface area is 139 Å². The van der Waals surface area contributed by atoms with Crippen LogP contribution in [-0.2, 0) is 4.79 Å². The molecule has 2 aromatic carbocycles. The molecule has 7 heteroatoms. The average Bonchev–Trinajstić information content (AvgIpc) is 2.48. The van der Waals surface area contributed by atoms with Crippen LogP contribution in [0.3, 0.4) is 0 Å². The summed E-state index contributed by atoms with van der Waals surface area (Å²) in [5, 5.41) is 5.69. The number of thioether (sulfide) groups is 1. The Morgan fingerprint density at radius 3 is 2.23 bits per heavy atom. The van der Waals surface area contributed by atoms with Gasteiger partial charge in [-0.05, 0) is 48.5 Å². The fraction of sp³-hybridized carbons (Fsp3) is 0.133. The second-order valence-corrected chi connectivity index (χ2v) is 6.29. The topological polar surface area (TPSA) is 41.1 Å². The van der Waals surface area contributed by atoms with Crippen molar-refractivity contribution in [1.82, 2.24) is 0 Å². The highest BCUT2D eigenvalue weighted by atomic mass is 79.9. The number of hydrogen-bond acceptors (Lipinski definition) is 3. The summed E-state index contributed by atoms with van der Waals surface area (Å²) in [5.74, 6) is -2.62. The largest absolute Gasteiger partial charge is 0.376 e. The van der Waals surface area contributed by atoms with Crippen molar-refractivity contribution in [1.29, 1.82) is 0 Å². The van der Waals surface area contributed by atoms with Crippen LogP contribution < -0.4 is 10.6 Å². The maximum absolute atomic E-state index is 12.2. The van der Waals surface area contributed by atoms with E-state index in [1.54, 1.807) is 36.4 Å². The second kappa shape index (κ2) is 8.14. The minimum Gasteiger partial charge on any atom is -0.376 e. The fourth-order valence-corrected chi connectivity index (χ4v) is 2.44. The zero-order chi connectivity index (χ0) is 15.9. The Bertz CT molecular complexity index is 620. The van der Waals surface area contributed by atoms with Gasteiger partial charge in [0.15, 0.2) is 0 Å². The number of amides is 1. The van der Waals surface area contributed by atoms with E-state index in [-0.39, 0.29) is 12.5 Å². The smallest absolute Gasteiger partial charge is 0.288 e. The first kappa shape index (κ1) is 16.8. The van der Waals surface area contributed by atoms with Gasteiger partial charge < -0.3 is 10.6 Å². The fourth-order valence-electron chi connectivity index (χ4n) is 1.67. The van der Waals surface area contributed by atoms with E-state index in [9.17, 15) is 13.6 Å². The van der Waals surface area contributed by atoms with Crippen molar-refractivity contribution < 1.29 is 13.6 Å². The van der Waals surface area contributed by atoms with E-state index >= 15 is 0 Å². The normalized spacial score (nSPS) is 10.5. The van der Waals surface area contributed by atoms with Gasteiger partial charge in [-0.15, -0.1) is 0 Å². The van der Waals surface area contributed by atoms with E-state index in [1.807, 2.05) is 12.1 Å². The van der Waals surface area contributed by atoms with Gasteiger partial charge in [-0.25, -0.2) is 0 Å². The van der Waals surface area contributed by atoms with Gasteiger partial charge in [0.25, 0.3) is 5.76 Å². The summed E-state index contributed by atoms with van der Waals surface area (Å²) < 4.78 is 25.3. The molecule has 2 N–H and O–H groups in total. The predicted octanol–water partition coefficient (Wildman–Crippen LogP) is 4.81. The van der Waals surface area contributed by atoms with Crippen molar-refractivity contribution in [2.24, 2.45) is 0 Å². The third-order valence-electron chi connectivity index (χ3n) is 2.66. The third kappa shape index (κ3) is 5.65. The Morgan fingerprint density at radius 2 is 1.64 bits per heavy atom. The molecule has 0 atom stereocenters. The monoisotopic (exact) mass is 386 g/mol.